The van der Waals surface area contributed by atoms with Gasteiger partial charge < -0.3 is 19.7 Å². The van der Waals surface area contributed by atoms with Crippen molar-refractivity contribution in [3.8, 4) is 0 Å². The van der Waals surface area contributed by atoms with Gasteiger partial charge >= 0.3 is 6.09 Å². The van der Waals surface area contributed by atoms with Crippen molar-refractivity contribution in [2.75, 3.05) is 49.2 Å². The molecular formula is C25H28FN3O5. The van der Waals surface area contributed by atoms with Gasteiger partial charge in [-0.2, -0.15) is 0 Å². The summed E-state index contributed by atoms with van der Waals surface area (Å²) in [5, 5.41) is 2.73. The van der Waals surface area contributed by atoms with Crippen molar-refractivity contribution in [3.05, 3.63) is 59.4 Å². The molecule has 0 saturated carbocycles. The van der Waals surface area contributed by atoms with Crippen molar-refractivity contribution in [2.24, 2.45) is 0 Å². The number of ketones is 1. The van der Waals surface area contributed by atoms with Crippen LogP contribution < -0.4 is 15.1 Å². The summed E-state index contributed by atoms with van der Waals surface area (Å²) in [5.41, 5.74) is 2.42. The molecule has 0 unspecified atom stereocenters. The lowest BCUT2D eigenvalue weighted by Gasteiger charge is -2.32. The number of amides is 2. The fraction of sp³-hybridized carbons (Fsp3) is 0.400. The van der Waals surface area contributed by atoms with Crippen LogP contribution in [-0.4, -0.2) is 63.3 Å². The van der Waals surface area contributed by atoms with Gasteiger partial charge in [0, 0.05) is 31.5 Å². The number of hydrogen-bond acceptors (Lipinski definition) is 6. The molecule has 2 aromatic carbocycles. The lowest BCUT2D eigenvalue weighted by atomic mass is 10.0. The Bertz CT molecular complexity index is 1050. The zero-order valence-electron chi connectivity index (χ0n) is 19.1. The van der Waals surface area contributed by atoms with Gasteiger partial charge in [-0.25, -0.2) is 9.18 Å². The third-order valence-corrected chi connectivity index (χ3v) is 5.94. The SMILES string of the molecule is Cc1ccc(C(=O)CCC(=O)NC[C@H]2CN(c3cccc(F)c3N3CCOCC3)C(=O)O2)cc1. The molecule has 0 aliphatic carbocycles. The van der Waals surface area contributed by atoms with Crippen LogP contribution in [0.2, 0.25) is 0 Å². The Morgan fingerprint density at radius 3 is 2.56 bits per heavy atom. The zero-order valence-corrected chi connectivity index (χ0v) is 19.1. The first-order chi connectivity index (χ1) is 16.4. The maximum Gasteiger partial charge on any atom is 0.414 e. The van der Waals surface area contributed by atoms with Gasteiger partial charge in [0.05, 0.1) is 37.7 Å². The Balaban J connectivity index is 1.31. The fourth-order valence-corrected chi connectivity index (χ4v) is 4.07. The molecule has 2 amide bonds. The van der Waals surface area contributed by atoms with E-state index in [0.717, 1.165) is 5.56 Å². The second-order valence-corrected chi connectivity index (χ2v) is 8.42. The van der Waals surface area contributed by atoms with Crippen LogP contribution in [0.5, 0.6) is 0 Å². The predicted octanol–water partition coefficient (Wildman–Crippen LogP) is 3.08. The number of hydrogen-bond donors (Lipinski definition) is 1. The maximum atomic E-state index is 14.7. The number of ether oxygens (including phenoxy) is 2. The molecule has 2 aliphatic rings. The number of cyclic esters (lactones) is 1. The lowest BCUT2D eigenvalue weighted by Crippen LogP contribution is -2.39. The molecule has 9 heteroatoms. The van der Waals surface area contributed by atoms with Gasteiger partial charge in [0.25, 0.3) is 0 Å². The van der Waals surface area contributed by atoms with Crippen LogP contribution in [0.4, 0.5) is 20.6 Å². The average Bonchev–Trinajstić information content (AvgIpc) is 3.22. The molecule has 180 valence electrons. The Hall–Kier alpha value is -3.46. The third kappa shape index (κ3) is 5.53. The van der Waals surface area contributed by atoms with E-state index in [9.17, 15) is 18.8 Å². The quantitative estimate of drug-likeness (QED) is 0.598. The normalized spacial score (nSPS) is 18.1. The van der Waals surface area contributed by atoms with Crippen LogP contribution in [-0.2, 0) is 14.3 Å². The Morgan fingerprint density at radius 2 is 1.82 bits per heavy atom. The van der Waals surface area contributed by atoms with E-state index >= 15 is 0 Å². The molecule has 2 aliphatic heterocycles. The highest BCUT2D eigenvalue weighted by atomic mass is 19.1. The molecule has 2 aromatic rings. The second-order valence-electron chi connectivity index (χ2n) is 8.42. The summed E-state index contributed by atoms with van der Waals surface area (Å²) >= 11 is 0. The minimum Gasteiger partial charge on any atom is -0.442 e. The first kappa shape index (κ1) is 23.7. The molecule has 0 aromatic heterocycles. The first-order valence-corrected chi connectivity index (χ1v) is 11.4. The van der Waals surface area contributed by atoms with E-state index < -0.39 is 18.0 Å². The summed E-state index contributed by atoms with van der Waals surface area (Å²) in [4.78, 5) is 40.3. The van der Waals surface area contributed by atoms with Crippen LogP contribution in [0, 0.1) is 12.7 Å². The number of carbonyl (C=O) groups is 3. The molecule has 1 N–H and O–H groups in total. The number of anilines is 2. The Labute approximate surface area is 197 Å². The number of halogens is 1. The van der Waals surface area contributed by atoms with Crippen molar-refractivity contribution in [1.82, 2.24) is 5.32 Å². The topological polar surface area (TPSA) is 88.2 Å². The summed E-state index contributed by atoms with van der Waals surface area (Å²) in [6.45, 7) is 4.26. The van der Waals surface area contributed by atoms with E-state index in [1.54, 1.807) is 24.3 Å². The number of aryl methyl sites for hydroxylation is 1. The molecule has 2 fully saturated rings. The maximum absolute atomic E-state index is 14.7. The number of rotatable bonds is 8. The number of benzene rings is 2. The smallest absolute Gasteiger partial charge is 0.414 e. The number of nitrogens with one attached hydrogen (secondary N) is 1. The summed E-state index contributed by atoms with van der Waals surface area (Å²) < 4.78 is 25.5. The Morgan fingerprint density at radius 1 is 1.09 bits per heavy atom. The monoisotopic (exact) mass is 469 g/mol. The van der Waals surface area contributed by atoms with Gasteiger partial charge in [-0.1, -0.05) is 35.9 Å². The number of para-hydroxylation sites is 1. The van der Waals surface area contributed by atoms with Crippen LogP contribution >= 0.6 is 0 Å². The van der Waals surface area contributed by atoms with Crippen molar-refractivity contribution in [2.45, 2.75) is 25.9 Å². The van der Waals surface area contributed by atoms with E-state index in [0.29, 0.717) is 43.2 Å². The van der Waals surface area contributed by atoms with E-state index in [2.05, 4.69) is 5.32 Å². The van der Waals surface area contributed by atoms with E-state index in [1.165, 1.54) is 11.0 Å². The molecule has 34 heavy (non-hydrogen) atoms. The van der Waals surface area contributed by atoms with Gasteiger partial charge in [-0.3, -0.25) is 14.5 Å². The Kier molecular flexibility index (Phi) is 7.42. The van der Waals surface area contributed by atoms with Crippen LogP contribution in [0.15, 0.2) is 42.5 Å². The summed E-state index contributed by atoms with van der Waals surface area (Å²) in [6.07, 6.45) is -1.03. The molecule has 0 spiro atoms. The average molecular weight is 470 g/mol. The molecule has 1 atom stereocenters. The molecule has 4 rings (SSSR count). The number of Topliss-reactive ketones (excluding diaryl/α,β-unsaturated/α-hetero) is 1. The molecule has 0 bridgehead atoms. The van der Waals surface area contributed by atoms with E-state index in [1.807, 2.05) is 24.0 Å². The zero-order chi connectivity index (χ0) is 24.1. The van der Waals surface area contributed by atoms with Gasteiger partial charge in [-0.05, 0) is 19.1 Å². The lowest BCUT2D eigenvalue weighted by molar-refractivity contribution is -0.121. The number of carbonyl (C=O) groups excluding carboxylic acids is 3. The highest BCUT2D eigenvalue weighted by Crippen LogP contribution is 2.35. The van der Waals surface area contributed by atoms with Gasteiger partial charge in [0.1, 0.15) is 11.9 Å². The molecule has 8 nitrogen and oxygen atoms in total. The highest BCUT2D eigenvalue weighted by molar-refractivity contribution is 5.98. The fourth-order valence-electron chi connectivity index (χ4n) is 4.07. The largest absolute Gasteiger partial charge is 0.442 e. The highest BCUT2D eigenvalue weighted by Gasteiger charge is 2.35. The van der Waals surface area contributed by atoms with Crippen molar-refractivity contribution in [3.63, 3.8) is 0 Å². The molecular weight excluding hydrogens is 441 g/mol. The molecule has 2 heterocycles. The third-order valence-electron chi connectivity index (χ3n) is 5.94. The molecule has 2 saturated heterocycles. The van der Waals surface area contributed by atoms with Gasteiger partial charge in [0.2, 0.25) is 5.91 Å². The minimum atomic E-state index is -0.589. The van der Waals surface area contributed by atoms with Crippen molar-refractivity contribution in [1.29, 1.82) is 0 Å². The standard InChI is InChI=1S/C25H28FN3O5/c1-17-5-7-18(8-6-17)22(30)9-10-23(31)27-15-19-16-29(25(32)34-19)21-4-2-3-20(26)24(21)28-11-13-33-14-12-28/h2-8,19H,9-16H2,1H3,(H,27,31)/t19-/m0/s1. The number of morpholine rings is 1. The van der Waals surface area contributed by atoms with Crippen LogP contribution in [0.3, 0.4) is 0 Å². The van der Waals surface area contributed by atoms with Gasteiger partial charge in [-0.15, -0.1) is 0 Å². The minimum absolute atomic E-state index is 0.0438. The van der Waals surface area contributed by atoms with Crippen LogP contribution in [0.25, 0.3) is 0 Å². The second kappa shape index (κ2) is 10.6. The summed E-state index contributed by atoms with van der Waals surface area (Å²) in [7, 11) is 0. The van der Waals surface area contributed by atoms with Crippen LogP contribution in [0.1, 0.15) is 28.8 Å². The van der Waals surface area contributed by atoms with Crippen molar-refractivity contribution >= 4 is 29.2 Å². The van der Waals surface area contributed by atoms with Gasteiger partial charge in [0.15, 0.2) is 5.78 Å². The first-order valence-electron chi connectivity index (χ1n) is 11.4. The predicted molar refractivity (Wildman–Crippen MR) is 125 cm³/mol. The number of nitrogens with zero attached hydrogens (tertiary/aromatic N) is 2. The molecule has 0 radical (unpaired) electrons. The van der Waals surface area contributed by atoms with Crippen molar-refractivity contribution < 1.29 is 28.2 Å². The van der Waals surface area contributed by atoms with E-state index in [-0.39, 0.29) is 37.6 Å². The summed E-state index contributed by atoms with van der Waals surface area (Å²) in [5.74, 6) is -0.813. The summed E-state index contributed by atoms with van der Waals surface area (Å²) in [6, 6.07) is 11.8. The van der Waals surface area contributed by atoms with E-state index in [4.69, 9.17) is 9.47 Å².